The van der Waals surface area contributed by atoms with Crippen molar-refractivity contribution in [2.75, 3.05) is 38.6 Å². The van der Waals surface area contributed by atoms with Crippen LogP contribution in [0.2, 0.25) is 0 Å². The predicted octanol–water partition coefficient (Wildman–Crippen LogP) is 2.27. The lowest BCUT2D eigenvalue weighted by atomic mass is 9.98. The molecule has 1 aliphatic heterocycles. The summed E-state index contributed by atoms with van der Waals surface area (Å²) in [5, 5.41) is 4.87. The number of nitrogens with zero attached hydrogens (tertiary/aromatic N) is 3. The third-order valence-corrected chi connectivity index (χ3v) is 5.83. The van der Waals surface area contributed by atoms with Crippen molar-refractivity contribution in [3.63, 3.8) is 0 Å². The number of nitrogens with one attached hydrogen (secondary N) is 1. The van der Waals surface area contributed by atoms with Gasteiger partial charge in [0.2, 0.25) is 0 Å². The van der Waals surface area contributed by atoms with Crippen LogP contribution in [0.15, 0.2) is 0 Å². The molecule has 3 rings (SSSR count). The van der Waals surface area contributed by atoms with Crippen molar-refractivity contribution < 1.29 is 0 Å². The number of fused-ring (bicyclic) bond motifs is 1. The number of rotatable bonds is 4. The zero-order valence-corrected chi connectivity index (χ0v) is 13.7. The first-order chi connectivity index (χ1) is 9.69. The van der Waals surface area contributed by atoms with E-state index in [1.165, 1.54) is 41.4 Å². The summed E-state index contributed by atoms with van der Waals surface area (Å²) in [7, 11) is 4.37. The minimum Gasteiger partial charge on any atom is -0.346 e. The second-order valence-electron chi connectivity index (χ2n) is 6.16. The van der Waals surface area contributed by atoms with Gasteiger partial charge in [0.1, 0.15) is 0 Å². The summed E-state index contributed by atoms with van der Waals surface area (Å²) in [5.41, 5.74) is 1.36. The number of likely N-dealkylation sites (N-methyl/N-ethyl adjacent to an activating group) is 1. The lowest BCUT2D eigenvalue weighted by Crippen LogP contribution is -2.31. The molecule has 4 nitrogen and oxygen atoms in total. The van der Waals surface area contributed by atoms with Crippen molar-refractivity contribution in [2.45, 2.75) is 44.7 Å². The van der Waals surface area contributed by atoms with E-state index in [-0.39, 0.29) is 0 Å². The second-order valence-corrected chi connectivity index (χ2v) is 7.17. The van der Waals surface area contributed by atoms with Gasteiger partial charge >= 0.3 is 0 Å². The molecule has 20 heavy (non-hydrogen) atoms. The number of thiazole rings is 1. The van der Waals surface area contributed by atoms with E-state index < -0.39 is 0 Å². The molecule has 0 amide bonds. The van der Waals surface area contributed by atoms with Gasteiger partial charge in [0.05, 0.1) is 5.69 Å². The van der Waals surface area contributed by atoms with Crippen LogP contribution in [-0.4, -0.2) is 49.7 Å². The monoisotopic (exact) mass is 294 g/mol. The van der Waals surface area contributed by atoms with Crippen molar-refractivity contribution in [2.24, 2.45) is 0 Å². The summed E-state index contributed by atoms with van der Waals surface area (Å²) in [6, 6.07) is 1.22. The minimum atomic E-state index is 0.544. The molecule has 1 aliphatic carbocycles. The normalized spacial score (nSPS) is 26.3. The predicted molar refractivity (Wildman–Crippen MR) is 85.8 cm³/mol. The molecule has 2 aliphatic rings. The molecule has 2 heterocycles. The summed E-state index contributed by atoms with van der Waals surface area (Å²) in [4.78, 5) is 11.3. The molecule has 1 aromatic heterocycles. The Morgan fingerprint density at radius 3 is 2.95 bits per heavy atom. The van der Waals surface area contributed by atoms with E-state index in [4.69, 9.17) is 4.98 Å². The fourth-order valence-corrected chi connectivity index (χ4v) is 4.58. The fourth-order valence-electron chi connectivity index (χ4n) is 3.32. The van der Waals surface area contributed by atoms with Crippen molar-refractivity contribution in [1.29, 1.82) is 0 Å². The Bertz CT molecular complexity index is 457. The van der Waals surface area contributed by atoms with E-state index in [2.05, 4.69) is 36.1 Å². The molecule has 1 saturated heterocycles. The third kappa shape index (κ3) is 2.71. The fraction of sp³-hybridized carbons (Fsp3) is 0.800. The van der Waals surface area contributed by atoms with Crippen LogP contribution < -0.4 is 10.2 Å². The summed E-state index contributed by atoms with van der Waals surface area (Å²) in [6.45, 7) is 5.52. The second kappa shape index (κ2) is 6.00. The maximum absolute atomic E-state index is 4.94. The van der Waals surface area contributed by atoms with E-state index >= 15 is 0 Å². The average molecular weight is 294 g/mol. The van der Waals surface area contributed by atoms with Crippen LogP contribution in [0.1, 0.15) is 42.8 Å². The standard InChI is InChI=1S/C15H26N4S/c1-4-16-12-6-5-7-13-14(12)20-15(17-13)19-9-8-11(10-19)18(2)3/h11-12,16H,4-10H2,1-3H3. The maximum atomic E-state index is 4.94. The Labute approximate surface area is 126 Å². The molecule has 2 atom stereocenters. The first-order valence-corrected chi connectivity index (χ1v) is 8.65. The van der Waals surface area contributed by atoms with Gasteiger partial charge in [-0.3, -0.25) is 0 Å². The Morgan fingerprint density at radius 2 is 2.25 bits per heavy atom. The maximum Gasteiger partial charge on any atom is 0.185 e. The van der Waals surface area contributed by atoms with Crippen LogP contribution >= 0.6 is 11.3 Å². The first kappa shape index (κ1) is 14.3. The van der Waals surface area contributed by atoms with Gasteiger partial charge in [-0.2, -0.15) is 0 Å². The lowest BCUT2D eigenvalue weighted by Gasteiger charge is -2.21. The van der Waals surface area contributed by atoms with Crippen molar-refractivity contribution >= 4 is 16.5 Å². The van der Waals surface area contributed by atoms with Crippen molar-refractivity contribution in [1.82, 2.24) is 15.2 Å². The highest BCUT2D eigenvalue weighted by Crippen LogP contribution is 2.38. The average Bonchev–Trinajstić information content (AvgIpc) is 3.06. The van der Waals surface area contributed by atoms with E-state index in [1.807, 2.05) is 11.3 Å². The minimum absolute atomic E-state index is 0.544. The molecule has 0 aromatic carbocycles. The number of aryl methyl sites for hydroxylation is 1. The van der Waals surface area contributed by atoms with Gasteiger partial charge in [-0.15, -0.1) is 0 Å². The highest BCUT2D eigenvalue weighted by molar-refractivity contribution is 7.15. The van der Waals surface area contributed by atoms with Gasteiger partial charge in [-0.1, -0.05) is 18.3 Å². The molecule has 5 heteroatoms. The van der Waals surface area contributed by atoms with Crippen LogP contribution in [0.4, 0.5) is 5.13 Å². The number of hydrogen-bond acceptors (Lipinski definition) is 5. The lowest BCUT2D eigenvalue weighted by molar-refractivity contribution is 0.315. The number of aromatic nitrogens is 1. The molecule has 0 spiro atoms. The molecule has 0 radical (unpaired) electrons. The van der Waals surface area contributed by atoms with Crippen LogP contribution in [-0.2, 0) is 6.42 Å². The van der Waals surface area contributed by atoms with Crippen LogP contribution in [0.5, 0.6) is 0 Å². The molecular formula is C15H26N4S. The number of hydrogen-bond donors (Lipinski definition) is 1. The van der Waals surface area contributed by atoms with Gasteiger partial charge < -0.3 is 15.1 Å². The summed E-state index contributed by atoms with van der Waals surface area (Å²) >= 11 is 1.93. The van der Waals surface area contributed by atoms with E-state index in [9.17, 15) is 0 Å². The Hall–Kier alpha value is -0.650. The van der Waals surface area contributed by atoms with E-state index in [1.54, 1.807) is 0 Å². The zero-order chi connectivity index (χ0) is 14.1. The molecule has 1 N–H and O–H groups in total. The highest BCUT2D eigenvalue weighted by Gasteiger charge is 2.29. The molecule has 0 saturated carbocycles. The van der Waals surface area contributed by atoms with Crippen molar-refractivity contribution in [3.05, 3.63) is 10.6 Å². The quantitative estimate of drug-likeness (QED) is 0.923. The summed E-state index contributed by atoms with van der Waals surface area (Å²) in [6.07, 6.45) is 4.96. The van der Waals surface area contributed by atoms with Crippen molar-refractivity contribution in [3.8, 4) is 0 Å². The first-order valence-electron chi connectivity index (χ1n) is 7.83. The van der Waals surface area contributed by atoms with Crippen LogP contribution in [0.25, 0.3) is 0 Å². The van der Waals surface area contributed by atoms with Crippen LogP contribution in [0.3, 0.4) is 0 Å². The number of anilines is 1. The van der Waals surface area contributed by atoms with Crippen LogP contribution in [0, 0.1) is 0 Å². The molecule has 1 aromatic rings. The van der Waals surface area contributed by atoms with E-state index in [0.29, 0.717) is 12.1 Å². The Morgan fingerprint density at radius 1 is 1.40 bits per heavy atom. The Balaban J connectivity index is 1.76. The van der Waals surface area contributed by atoms with Gasteiger partial charge in [0, 0.05) is 30.1 Å². The van der Waals surface area contributed by atoms with E-state index in [0.717, 1.165) is 19.6 Å². The largest absolute Gasteiger partial charge is 0.346 e. The highest BCUT2D eigenvalue weighted by atomic mass is 32.1. The smallest absolute Gasteiger partial charge is 0.185 e. The molecule has 112 valence electrons. The van der Waals surface area contributed by atoms with Gasteiger partial charge in [0.15, 0.2) is 5.13 Å². The molecule has 1 fully saturated rings. The topological polar surface area (TPSA) is 31.4 Å². The molecule has 0 bridgehead atoms. The molecular weight excluding hydrogens is 268 g/mol. The third-order valence-electron chi connectivity index (χ3n) is 4.55. The summed E-state index contributed by atoms with van der Waals surface area (Å²) < 4.78 is 0. The zero-order valence-electron chi connectivity index (χ0n) is 12.9. The SMILES string of the molecule is CCNC1CCCc2nc(N3CCC(N(C)C)C3)sc21. The van der Waals surface area contributed by atoms with Gasteiger partial charge in [-0.05, 0) is 46.3 Å². The molecule has 2 unspecified atom stereocenters. The van der Waals surface area contributed by atoms with Gasteiger partial charge in [0.25, 0.3) is 0 Å². The Kier molecular flexibility index (Phi) is 4.29. The summed E-state index contributed by atoms with van der Waals surface area (Å²) in [5.74, 6) is 0. The van der Waals surface area contributed by atoms with Gasteiger partial charge in [-0.25, -0.2) is 4.98 Å².